The molecular weight excluding hydrogens is 547 g/mol. The summed E-state index contributed by atoms with van der Waals surface area (Å²) in [4.78, 5) is 30.7. The molecule has 40 heavy (non-hydrogen) atoms. The van der Waals surface area contributed by atoms with Crippen LogP contribution in [0.5, 0.6) is 0 Å². The Morgan fingerprint density at radius 2 is 1.77 bits per heavy atom. The molecule has 2 aromatic carbocycles. The number of hydrogen-bond donors (Lipinski definition) is 2. The van der Waals surface area contributed by atoms with Crippen molar-refractivity contribution >= 4 is 50.3 Å². The molecule has 0 aliphatic heterocycles. The van der Waals surface area contributed by atoms with Crippen molar-refractivity contribution in [2.75, 3.05) is 11.1 Å². The summed E-state index contributed by atoms with van der Waals surface area (Å²) in [6.45, 7) is 0.183. The molecule has 4 aliphatic carbocycles. The van der Waals surface area contributed by atoms with Gasteiger partial charge in [0.05, 0.1) is 28.2 Å². The fourth-order valence-electron chi connectivity index (χ4n) is 7.33. The summed E-state index contributed by atoms with van der Waals surface area (Å²) in [5.74, 6) is 2.07. The number of aromatic nitrogens is 4. The zero-order chi connectivity index (χ0) is 27.3. The number of halogens is 1. The topological polar surface area (TPSA) is 102 Å². The highest BCUT2D eigenvalue weighted by Gasteiger charge is 2.54. The molecule has 4 saturated carbocycles. The maximum absolute atomic E-state index is 14.2. The van der Waals surface area contributed by atoms with Gasteiger partial charge in [0.1, 0.15) is 5.82 Å². The van der Waals surface area contributed by atoms with Gasteiger partial charge in [-0.3, -0.25) is 14.2 Å². The minimum Gasteiger partial charge on any atom is -0.348 e. The van der Waals surface area contributed by atoms with Gasteiger partial charge in [-0.1, -0.05) is 41.3 Å². The van der Waals surface area contributed by atoms with Crippen LogP contribution in [0.3, 0.4) is 0 Å². The Morgan fingerprint density at radius 3 is 2.50 bits per heavy atom. The molecule has 2 aromatic heterocycles. The Labute approximate surface area is 239 Å². The lowest BCUT2D eigenvalue weighted by Crippen LogP contribution is -2.53. The summed E-state index contributed by atoms with van der Waals surface area (Å²) in [7, 11) is 0. The Hall–Kier alpha value is -3.31. The number of fused-ring (bicyclic) bond motifs is 1. The number of carbonyl (C=O) groups excluding carboxylic acids is 2. The Kier molecular flexibility index (Phi) is 6.58. The van der Waals surface area contributed by atoms with Crippen LogP contribution in [0.1, 0.15) is 44.3 Å². The summed E-state index contributed by atoms with van der Waals surface area (Å²) < 4.78 is 16.9. The van der Waals surface area contributed by atoms with E-state index in [0.29, 0.717) is 39.6 Å². The van der Waals surface area contributed by atoms with Crippen LogP contribution < -0.4 is 10.6 Å². The fraction of sp³-hybridized carbons (Fsp3) is 0.414. The Balaban J connectivity index is 1.07. The van der Waals surface area contributed by atoms with E-state index in [1.54, 1.807) is 16.7 Å². The van der Waals surface area contributed by atoms with Gasteiger partial charge in [-0.2, -0.15) is 0 Å². The van der Waals surface area contributed by atoms with Crippen LogP contribution in [-0.4, -0.2) is 37.3 Å². The van der Waals surface area contributed by atoms with Crippen LogP contribution in [0.15, 0.2) is 53.7 Å². The van der Waals surface area contributed by atoms with E-state index in [2.05, 4.69) is 25.8 Å². The number of nitrogens with zero attached hydrogens (tertiary/aromatic N) is 4. The quantitative estimate of drug-likeness (QED) is 0.266. The van der Waals surface area contributed by atoms with Gasteiger partial charge < -0.3 is 10.6 Å². The van der Waals surface area contributed by atoms with E-state index in [1.165, 1.54) is 54.5 Å². The summed E-state index contributed by atoms with van der Waals surface area (Å²) in [5.41, 5.74) is 1.11. The first-order valence-corrected chi connectivity index (χ1v) is 15.5. The van der Waals surface area contributed by atoms with Gasteiger partial charge in [-0.05, 0) is 86.6 Å². The smallest absolute Gasteiger partial charge is 0.236 e. The number of hydrogen-bond acceptors (Lipinski definition) is 7. The van der Waals surface area contributed by atoms with Crippen molar-refractivity contribution in [2.45, 2.75) is 50.2 Å². The number of para-hydroxylation sites is 1. The first-order valence-electron chi connectivity index (χ1n) is 13.7. The van der Waals surface area contributed by atoms with E-state index in [-0.39, 0.29) is 35.3 Å². The number of benzene rings is 2. The number of thioether (sulfide) groups is 1. The van der Waals surface area contributed by atoms with Crippen molar-refractivity contribution in [3.63, 3.8) is 0 Å². The Morgan fingerprint density at radius 1 is 1.02 bits per heavy atom. The number of thiazole rings is 1. The third-order valence-corrected chi connectivity index (χ3v) is 10.4. The van der Waals surface area contributed by atoms with Crippen molar-refractivity contribution in [1.29, 1.82) is 0 Å². The lowest BCUT2D eigenvalue weighted by molar-refractivity contribution is -0.146. The molecule has 0 spiro atoms. The second-order valence-corrected chi connectivity index (χ2v) is 13.4. The van der Waals surface area contributed by atoms with Crippen LogP contribution >= 0.6 is 23.1 Å². The minimum atomic E-state index is -0.390. The molecule has 11 heteroatoms. The summed E-state index contributed by atoms with van der Waals surface area (Å²) in [6, 6.07) is 13.9. The average molecular weight is 577 g/mol. The van der Waals surface area contributed by atoms with Crippen molar-refractivity contribution in [3.8, 4) is 5.69 Å². The number of nitrogens with one attached hydrogen (secondary N) is 2. The van der Waals surface area contributed by atoms with E-state index < -0.39 is 0 Å². The summed E-state index contributed by atoms with van der Waals surface area (Å²) in [5, 5.41) is 15.6. The second kappa shape index (κ2) is 10.3. The number of anilines is 1. The zero-order valence-electron chi connectivity index (χ0n) is 21.8. The van der Waals surface area contributed by atoms with Gasteiger partial charge in [0.2, 0.25) is 11.8 Å². The van der Waals surface area contributed by atoms with Gasteiger partial charge in [0.15, 0.2) is 16.1 Å². The lowest BCUT2D eigenvalue weighted by Gasteiger charge is -2.55. The van der Waals surface area contributed by atoms with Gasteiger partial charge in [0.25, 0.3) is 0 Å². The third-order valence-electron chi connectivity index (χ3n) is 8.57. The molecule has 8 nitrogen and oxygen atoms in total. The number of carbonyl (C=O) groups is 2. The highest BCUT2D eigenvalue weighted by Crippen LogP contribution is 2.60. The molecule has 4 fully saturated rings. The van der Waals surface area contributed by atoms with Gasteiger partial charge in [-0.25, -0.2) is 9.37 Å². The predicted octanol–water partition coefficient (Wildman–Crippen LogP) is 5.58. The largest absolute Gasteiger partial charge is 0.348 e. The molecule has 0 radical (unpaired) electrons. The molecule has 2 heterocycles. The first kappa shape index (κ1) is 25.6. The van der Waals surface area contributed by atoms with Crippen molar-refractivity contribution in [1.82, 2.24) is 25.1 Å². The van der Waals surface area contributed by atoms with Crippen LogP contribution in [0, 0.1) is 29.0 Å². The van der Waals surface area contributed by atoms with Gasteiger partial charge in [-0.15, -0.1) is 10.2 Å². The maximum Gasteiger partial charge on any atom is 0.236 e. The summed E-state index contributed by atoms with van der Waals surface area (Å²) in [6.07, 6.45) is 6.75. The van der Waals surface area contributed by atoms with Crippen LogP contribution in [0.2, 0.25) is 0 Å². The van der Waals surface area contributed by atoms with E-state index >= 15 is 0 Å². The molecule has 8 rings (SSSR count). The van der Waals surface area contributed by atoms with Gasteiger partial charge >= 0.3 is 0 Å². The molecular formula is C29H29FN6O2S2. The first-order chi connectivity index (χ1) is 19.4. The predicted molar refractivity (Wildman–Crippen MR) is 153 cm³/mol. The van der Waals surface area contributed by atoms with Crippen LogP contribution in [0.4, 0.5) is 9.52 Å². The standard InChI is InChI=1S/C29H29FN6O2S2/c30-20-4-3-5-21(11-20)36-24(15-31-26(38)29-12-17-8-18(13-29)10-19(9-17)14-29)34-35-28(36)39-16-25(37)33-27-32-22-6-1-2-7-23(22)40-27/h1-7,11,17-19H,8-10,12-16H2,(H,31,38)(H,32,33,37). The second-order valence-electron chi connectivity index (χ2n) is 11.4. The van der Waals surface area contributed by atoms with Crippen molar-refractivity contribution in [2.24, 2.45) is 23.2 Å². The van der Waals surface area contributed by atoms with Crippen LogP contribution in [-0.2, 0) is 16.1 Å². The SMILES string of the molecule is O=C(CSc1nnc(CNC(=O)C23CC4CC(CC(C4)C2)C3)n1-c1cccc(F)c1)Nc1nc2ccccc2s1. The molecule has 0 saturated heterocycles. The number of rotatable bonds is 8. The van der Waals surface area contributed by atoms with Crippen molar-refractivity contribution in [3.05, 3.63) is 60.2 Å². The highest BCUT2D eigenvalue weighted by molar-refractivity contribution is 7.99. The molecule has 0 atom stereocenters. The monoisotopic (exact) mass is 576 g/mol. The zero-order valence-corrected chi connectivity index (χ0v) is 23.4. The highest BCUT2D eigenvalue weighted by atomic mass is 32.2. The molecule has 2 N–H and O–H groups in total. The normalized spacial score (nSPS) is 24.9. The number of amides is 2. The van der Waals surface area contributed by atoms with E-state index in [1.807, 2.05) is 24.3 Å². The van der Waals surface area contributed by atoms with E-state index in [4.69, 9.17) is 0 Å². The Bertz CT molecular complexity index is 1530. The minimum absolute atomic E-state index is 0.0724. The van der Waals surface area contributed by atoms with E-state index in [0.717, 1.165) is 29.5 Å². The maximum atomic E-state index is 14.2. The molecule has 4 aliphatic rings. The molecule has 0 unspecified atom stereocenters. The molecule has 2 amide bonds. The average Bonchev–Trinajstić information content (AvgIpc) is 3.53. The van der Waals surface area contributed by atoms with E-state index in [9.17, 15) is 14.0 Å². The molecule has 4 bridgehead atoms. The third kappa shape index (κ3) is 4.89. The van der Waals surface area contributed by atoms with Crippen LogP contribution in [0.25, 0.3) is 15.9 Å². The fourth-order valence-corrected chi connectivity index (χ4v) is 8.98. The molecule has 206 valence electrons. The van der Waals surface area contributed by atoms with Gasteiger partial charge in [0, 0.05) is 5.41 Å². The van der Waals surface area contributed by atoms with Crippen molar-refractivity contribution < 1.29 is 14.0 Å². The summed E-state index contributed by atoms with van der Waals surface area (Å²) >= 11 is 2.62. The lowest BCUT2D eigenvalue weighted by atomic mass is 9.49. The molecule has 4 aromatic rings.